The summed E-state index contributed by atoms with van der Waals surface area (Å²) in [4.78, 5) is 21.3. The summed E-state index contributed by atoms with van der Waals surface area (Å²) in [7, 11) is 0. The first kappa shape index (κ1) is 21.5. The Morgan fingerprint density at radius 2 is 1.77 bits per heavy atom. The lowest BCUT2D eigenvalue weighted by Crippen LogP contribution is -2.48. The van der Waals surface area contributed by atoms with Crippen molar-refractivity contribution >= 4 is 23.4 Å². The zero-order valence-corrected chi connectivity index (χ0v) is 18.9. The van der Waals surface area contributed by atoms with E-state index in [1.165, 1.54) is 16.1 Å². The maximum absolute atomic E-state index is 11.5. The van der Waals surface area contributed by atoms with Gasteiger partial charge in [-0.1, -0.05) is 30.3 Å². The smallest absolute Gasteiger partial charge is 0.219 e. The van der Waals surface area contributed by atoms with Gasteiger partial charge in [0.2, 0.25) is 5.91 Å². The molecule has 5 nitrogen and oxygen atoms in total. The lowest BCUT2D eigenvalue weighted by Gasteiger charge is -2.35. The predicted molar refractivity (Wildman–Crippen MR) is 128 cm³/mol. The zero-order chi connectivity index (χ0) is 21.5. The van der Waals surface area contributed by atoms with Gasteiger partial charge in [0.05, 0.1) is 6.33 Å². The van der Waals surface area contributed by atoms with E-state index < -0.39 is 0 Å². The van der Waals surface area contributed by atoms with Crippen LogP contribution in [0.2, 0.25) is 0 Å². The molecular weight excluding hydrogens is 404 g/mol. The van der Waals surface area contributed by atoms with Gasteiger partial charge < -0.3 is 14.4 Å². The number of thioether (sulfide) groups is 1. The summed E-state index contributed by atoms with van der Waals surface area (Å²) >= 11 is 1.95. The van der Waals surface area contributed by atoms with Gasteiger partial charge in [0.1, 0.15) is 0 Å². The summed E-state index contributed by atoms with van der Waals surface area (Å²) in [5.74, 6) is 0.172. The molecule has 1 aliphatic rings. The number of piperazine rings is 1. The van der Waals surface area contributed by atoms with Crippen molar-refractivity contribution in [2.75, 3.05) is 31.1 Å². The molecule has 1 fully saturated rings. The molecule has 0 N–H and O–H groups in total. The summed E-state index contributed by atoms with van der Waals surface area (Å²) in [6.45, 7) is 6.00. The molecule has 2 aromatic carbocycles. The molecule has 1 saturated heterocycles. The molecule has 31 heavy (non-hydrogen) atoms. The van der Waals surface area contributed by atoms with Gasteiger partial charge in [-0.25, -0.2) is 4.98 Å². The fourth-order valence-electron chi connectivity index (χ4n) is 4.00. The van der Waals surface area contributed by atoms with E-state index in [1.54, 1.807) is 6.92 Å². The molecule has 1 aromatic heterocycles. The summed E-state index contributed by atoms with van der Waals surface area (Å²) in [6.07, 6.45) is 7.98. The number of anilines is 1. The van der Waals surface area contributed by atoms with Crippen molar-refractivity contribution in [3.63, 3.8) is 0 Å². The normalized spacial score (nSPS) is 15.1. The molecule has 0 bridgehead atoms. The highest BCUT2D eigenvalue weighted by atomic mass is 32.2. The number of nitrogens with zero attached hydrogens (tertiary/aromatic N) is 4. The topological polar surface area (TPSA) is 41.4 Å². The molecule has 0 saturated carbocycles. The van der Waals surface area contributed by atoms with Crippen LogP contribution in [-0.4, -0.2) is 51.8 Å². The first-order valence-corrected chi connectivity index (χ1v) is 11.8. The van der Waals surface area contributed by atoms with Crippen molar-refractivity contribution in [2.45, 2.75) is 36.5 Å². The van der Waals surface area contributed by atoms with Crippen molar-refractivity contribution in [3.05, 3.63) is 78.9 Å². The maximum atomic E-state index is 11.5. The second-order valence-electron chi connectivity index (χ2n) is 8.01. The molecule has 2 heterocycles. The summed E-state index contributed by atoms with van der Waals surface area (Å²) in [5, 5.41) is 0.472. The molecule has 1 amide bonds. The van der Waals surface area contributed by atoms with Crippen molar-refractivity contribution in [3.8, 4) is 0 Å². The highest BCUT2D eigenvalue weighted by molar-refractivity contribution is 8.00. The number of carbonyl (C=O) groups excluding carboxylic acids is 1. The van der Waals surface area contributed by atoms with Crippen LogP contribution in [0.3, 0.4) is 0 Å². The van der Waals surface area contributed by atoms with Crippen molar-refractivity contribution in [1.82, 2.24) is 14.5 Å². The van der Waals surface area contributed by atoms with E-state index in [9.17, 15) is 4.79 Å². The van der Waals surface area contributed by atoms with Gasteiger partial charge >= 0.3 is 0 Å². The molecule has 3 aromatic rings. The second kappa shape index (κ2) is 10.5. The maximum Gasteiger partial charge on any atom is 0.219 e. The number of carbonyl (C=O) groups is 1. The van der Waals surface area contributed by atoms with Gasteiger partial charge in [0.25, 0.3) is 0 Å². The van der Waals surface area contributed by atoms with E-state index in [0.29, 0.717) is 5.25 Å². The Morgan fingerprint density at radius 3 is 2.42 bits per heavy atom. The molecule has 0 spiro atoms. The van der Waals surface area contributed by atoms with Crippen LogP contribution >= 0.6 is 11.8 Å². The molecule has 0 radical (unpaired) electrons. The first-order valence-electron chi connectivity index (χ1n) is 10.9. The van der Waals surface area contributed by atoms with Crippen LogP contribution in [0.4, 0.5) is 5.69 Å². The van der Waals surface area contributed by atoms with E-state index in [2.05, 4.69) is 69.0 Å². The summed E-state index contributed by atoms with van der Waals surface area (Å²) in [6, 6.07) is 19.6. The van der Waals surface area contributed by atoms with E-state index in [-0.39, 0.29) is 5.91 Å². The quantitative estimate of drug-likeness (QED) is 0.495. The Labute approximate surface area is 189 Å². The fraction of sp³-hybridized carbons (Fsp3) is 0.360. The molecule has 6 heteroatoms. The van der Waals surface area contributed by atoms with Gasteiger partial charge in [0.15, 0.2) is 0 Å². The third-order valence-electron chi connectivity index (χ3n) is 5.80. The van der Waals surface area contributed by atoms with E-state index in [1.807, 2.05) is 35.4 Å². The van der Waals surface area contributed by atoms with E-state index in [4.69, 9.17) is 0 Å². The van der Waals surface area contributed by atoms with E-state index in [0.717, 1.165) is 45.6 Å². The fourth-order valence-corrected chi connectivity index (χ4v) is 5.16. The minimum atomic E-state index is 0.172. The highest BCUT2D eigenvalue weighted by Gasteiger charge is 2.19. The largest absolute Gasteiger partial charge is 0.368 e. The molecule has 1 unspecified atom stereocenters. The van der Waals surface area contributed by atoms with Crippen LogP contribution < -0.4 is 4.90 Å². The van der Waals surface area contributed by atoms with Crippen molar-refractivity contribution in [2.24, 2.45) is 0 Å². The minimum Gasteiger partial charge on any atom is -0.368 e. The number of amides is 1. The van der Waals surface area contributed by atoms with Crippen LogP contribution in [0.25, 0.3) is 0 Å². The van der Waals surface area contributed by atoms with Crippen molar-refractivity contribution < 1.29 is 4.79 Å². The molecular formula is C25H30N4OS. The van der Waals surface area contributed by atoms with Gasteiger partial charge in [0, 0.05) is 67.9 Å². The molecule has 1 atom stereocenters. The SMILES string of the molecule is CC(=O)N1CCN(c2ccc(SC(CCc3ccccc3)Cn3ccnc3)cc2)CC1. The molecule has 4 rings (SSSR count). The van der Waals surface area contributed by atoms with E-state index >= 15 is 0 Å². The lowest BCUT2D eigenvalue weighted by atomic mass is 10.1. The number of aromatic nitrogens is 2. The number of hydrogen-bond acceptors (Lipinski definition) is 4. The predicted octanol–water partition coefficient (Wildman–Crippen LogP) is 4.35. The summed E-state index contributed by atoms with van der Waals surface area (Å²) in [5.41, 5.74) is 2.63. The molecule has 1 aliphatic heterocycles. The van der Waals surface area contributed by atoms with Gasteiger partial charge in [-0.2, -0.15) is 0 Å². The van der Waals surface area contributed by atoms with Gasteiger partial charge in [-0.3, -0.25) is 4.79 Å². The van der Waals surface area contributed by atoms with Crippen LogP contribution in [0.15, 0.2) is 78.2 Å². The Balaban J connectivity index is 1.37. The monoisotopic (exact) mass is 434 g/mol. The Morgan fingerprint density at radius 1 is 1.03 bits per heavy atom. The third-order valence-corrected chi connectivity index (χ3v) is 7.06. The molecule has 0 aliphatic carbocycles. The Kier molecular flexibility index (Phi) is 7.30. The number of aryl methyl sites for hydroxylation is 1. The third kappa shape index (κ3) is 6.14. The number of rotatable bonds is 8. The van der Waals surface area contributed by atoms with Gasteiger partial charge in [-0.15, -0.1) is 11.8 Å². The van der Waals surface area contributed by atoms with Crippen molar-refractivity contribution in [1.29, 1.82) is 0 Å². The lowest BCUT2D eigenvalue weighted by molar-refractivity contribution is -0.129. The number of hydrogen-bond donors (Lipinski definition) is 0. The Hall–Kier alpha value is -2.73. The second-order valence-corrected chi connectivity index (χ2v) is 9.38. The number of imidazole rings is 1. The average molecular weight is 435 g/mol. The van der Waals surface area contributed by atoms with Crippen LogP contribution in [-0.2, 0) is 17.8 Å². The number of benzene rings is 2. The first-order chi connectivity index (χ1) is 15.2. The van der Waals surface area contributed by atoms with Crippen LogP contribution in [0.5, 0.6) is 0 Å². The van der Waals surface area contributed by atoms with Crippen LogP contribution in [0, 0.1) is 0 Å². The van der Waals surface area contributed by atoms with Crippen LogP contribution in [0.1, 0.15) is 18.9 Å². The minimum absolute atomic E-state index is 0.172. The standard InChI is InChI=1S/C25H30N4OS/c1-21(30)28-15-17-29(18-16-28)23-8-11-24(12-9-23)31-25(19-27-14-13-26-20-27)10-7-22-5-3-2-4-6-22/h2-6,8-9,11-14,20,25H,7,10,15-19H2,1H3. The highest BCUT2D eigenvalue weighted by Crippen LogP contribution is 2.30. The van der Waals surface area contributed by atoms with Gasteiger partial charge in [-0.05, 0) is 42.7 Å². The average Bonchev–Trinajstić information content (AvgIpc) is 3.32. The zero-order valence-electron chi connectivity index (χ0n) is 18.1. The Bertz CT molecular complexity index is 935. The summed E-state index contributed by atoms with van der Waals surface area (Å²) < 4.78 is 2.17. The molecule has 162 valence electrons.